The summed E-state index contributed by atoms with van der Waals surface area (Å²) in [5.41, 5.74) is 2.80. The van der Waals surface area contributed by atoms with Crippen molar-refractivity contribution in [2.24, 2.45) is 0 Å². The van der Waals surface area contributed by atoms with E-state index in [0.717, 1.165) is 16.7 Å². The maximum Gasteiger partial charge on any atom is 0.251 e. The van der Waals surface area contributed by atoms with Gasteiger partial charge in [0.05, 0.1) is 17.6 Å². The van der Waals surface area contributed by atoms with Gasteiger partial charge >= 0.3 is 0 Å². The fourth-order valence-corrected chi connectivity index (χ4v) is 5.25. The largest absolute Gasteiger partial charge is 0.496 e. The predicted molar refractivity (Wildman–Crippen MR) is 113 cm³/mol. The van der Waals surface area contributed by atoms with Crippen molar-refractivity contribution in [1.29, 1.82) is 0 Å². The summed E-state index contributed by atoms with van der Waals surface area (Å²) in [6, 6.07) is 12.8. The molecule has 0 aliphatic carbocycles. The Kier molecular flexibility index (Phi) is 5.62. The molecule has 3 aromatic rings. The van der Waals surface area contributed by atoms with Crippen molar-refractivity contribution in [3.05, 3.63) is 59.5 Å². The molecule has 0 atom stereocenters. The number of piperidine rings is 1. The third-order valence-corrected chi connectivity index (χ3v) is 7.59. The highest BCUT2D eigenvalue weighted by Crippen LogP contribution is 2.34. The first kappa shape index (κ1) is 20.6. The van der Waals surface area contributed by atoms with Gasteiger partial charge in [-0.15, -0.1) is 10.2 Å². The Labute approximate surface area is 176 Å². The molecule has 0 saturated carbocycles. The quantitative estimate of drug-likeness (QED) is 0.613. The zero-order valence-corrected chi connectivity index (χ0v) is 18.1. The van der Waals surface area contributed by atoms with Gasteiger partial charge < -0.3 is 9.15 Å². The van der Waals surface area contributed by atoms with E-state index in [4.69, 9.17) is 9.15 Å². The Morgan fingerprint density at radius 3 is 2.47 bits per heavy atom. The van der Waals surface area contributed by atoms with Gasteiger partial charge in [0.25, 0.3) is 5.89 Å². The minimum Gasteiger partial charge on any atom is -0.496 e. The zero-order valence-electron chi connectivity index (χ0n) is 17.3. The highest BCUT2D eigenvalue weighted by Gasteiger charge is 2.32. The van der Waals surface area contributed by atoms with Gasteiger partial charge in [0.1, 0.15) is 5.75 Å². The number of nitrogens with zero attached hydrogens (tertiary/aromatic N) is 3. The van der Waals surface area contributed by atoms with E-state index in [1.54, 1.807) is 23.5 Å². The van der Waals surface area contributed by atoms with Gasteiger partial charge in [0.2, 0.25) is 15.9 Å². The average molecular weight is 428 g/mol. The average Bonchev–Trinajstić information content (AvgIpc) is 3.25. The number of sulfonamides is 1. The molecule has 158 valence electrons. The topological polar surface area (TPSA) is 85.5 Å². The Morgan fingerprint density at radius 2 is 1.77 bits per heavy atom. The zero-order chi connectivity index (χ0) is 21.3. The van der Waals surface area contributed by atoms with Crippen LogP contribution >= 0.6 is 0 Å². The summed E-state index contributed by atoms with van der Waals surface area (Å²) in [6.07, 6.45) is 1.27. The van der Waals surface area contributed by atoms with Gasteiger partial charge in [-0.3, -0.25) is 0 Å². The summed E-state index contributed by atoms with van der Waals surface area (Å²) in [5.74, 6) is 1.65. The van der Waals surface area contributed by atoms with E-state index >= 15 is 0 Å². The molecule has 2 heterocycles. The lowest BCUT2D eigenvalue weighted by Crippen LogP contribution is -2.38. The summed E-state index contributed by atoms with van der Waals surface area (Å²) < 4.78 is 38.9. The lowest BCUT2D eigenvalue weighted by atomic mass is 9.98. The van der Waals surface area contributed by atoms with Gasteiger partial charge in [-0.25, -0.2) is 8.42 Å². The van der Waals surface area contributed by atoms with E-state index in [1.807, 2.05) is 44.2 Å². The molecule has 8 heteroatoms. The standard InChI is InChI=1S/C22H25N3O4S/c1-15-8-9-18(14-16(15)2)30(26,27)25-12-10-17(11-13-25)21-23-24-22(29-21)19-6-4-5-7-20(19)28-3/h4-9,14,17H,10-13H2,1-3H3. The molecule has 0 unspecified atom stereocenters. The molecule has 1 saturated heterocycles. The van der Waals surface area contributed by atoms with Crippen LogP contribution in [0.15, 0.2) is 51.8 Å². The second kappa shape index (κ2) is 8.20. The molecular formula is C22H25N3O4S. The summed E-state index contributed by atoms with van der Waals surface area (Å²) >= 11 is 0. The Balaban J connectivity index is 1.47. The first-order valence-electron chi connectivity index (χ1n) is 9.94. The molecule has 0 bridgehead atoms. The Bertz CT molecular complexity index is 1150. The fourth-order valence-electron chi connectivity index (χ4n) is 3.70. The minimum absolute atomic E-state index is 0.0344. The number of aryl methyl sites for hydroxylation is 2. The van der Waals surface area contributed by atoms with E-state index in [-0.39, 0.29) is 5.92 Å². The second-order valence-corrected chi connectivity index (χ2v) is 9.51. The lowest BCUT2D eigenvalue weighted by Gasteiger charge is -2.29. The number of rotatable bonds is 5. The van der Waals surface area contributed by atoms with Crippen molar-refractivity contribution in [2.75, 3.05) is 20.2 Å². The van der Waals surface area contributed by atoms with Crippen LogP contribution in [0.5, 0.6) is 5.75 Å². The van der Waals surface area contributed by atoms with E-state index in [2.05, 4.69) is 10.2 Å². The first-order valence-corrected chi connectivity index (χ1v) is 11.4. The fraction of sp³-hybridized carbons (Fsp3) is 0.364. The molecule has 4 rings (SSSR count). The summed E-state index contributed by atoms with van der Waals surface area (Å²) in [7, 11) is -1.90. The lowest BCUT2D eigenvalue weighted by molar-refractivity contribution is 0.291. The normalized spacial score (nSPS) is 16.0. The Hall–Kier alpha value is -2.71. The molecule has 30 heavy (non-hydrogen) atoms. The SMILES string of the molecule is COc1ccccc1-c1nnc(C2CCN(S(=O)(=O)c3ccc(C)c(C)c3)CC2)o1. The summed E-state index contributed by atoms with van der Waals surface area (Å²) in [4.78, 5) is 0.347. The molecule has 0 spiro atoms. The van der Waals surface area contributed by atoms with Crippen molar-refractivity contribution in [2.45, 2.75) is 37.5 Å². The van der Waals surface area contributed by atoms with E-state index < -0.39 is 10.0 Å². The smallest absolute Gasteiger partial charge is 0.251 e. The summed E-state index contributed by atoms with van der Waals surface area (Å²) in [6.45, 7) is 4.75. The van der Waals surface area contributed by atoms with Crippen LogP contribution in [-0.2, 0) is 10.0 Å². The number of para-hydroxylation sites is 1. The van der Waals surface area contributed by atoms with E-state index in [9.17, 15) is 8.42 Å². The highest BCUT2D eigenvalue weighted by molar-refractivity contribution is 7.89. The molecule has 0 radical (unpaired) electrons. The van der Waals surface area contributed by atoms with Crippen LogP contribution in [-0.4, -0.2) is 43.1 Å². The van der Waals surface area contributed by atoms with Crippen LogP contribution in [0.3, 0.4) is 0 Å². The third kappa shape index (κ3) is 3.85. The van der Waals surface area contributed by atoms with Gasteiger partial charge in [-0.05, 0) is 62.1 Å². The van der Waals surface area contributed by atoms with Crippen molar-refractivity contribution in [3.8, 4) is 17.2 Å². The van der Waals surface area contributed by atoms with Crippen LogP contribution in [0.1, 0.15) is 35.8 Å². The number of hydrogen-bond acceptors (Lipinski definition) is 6. The maximum absolute atomic E-state index is 13.0. The van der Waals surface area contributed by atoms with Gasteiger partial charge in [-0.1, -0.05) is 18.2 Å². The number of hydrogen-bond donors (Lipinski definition) is 0. The second-order valence-electron chi connectivity index (χ2n) is 7.57. The van der Waals surface area contributed by atoms with E-state index in [0.29, 0.717) is 48.4 Å². The van der Waals surface area contributed by atoms with Crippen LogP contribution < -0.4 is 4.74 Å². The number of ether oxygens (including phenoxy) is 1. The molecule has 1 aromatic heterocycles. The monoisotopic (exact) mass is 427 g/mol. The van der Waals surface area contributed by atoms with Crippen LogP contribution in [0, 0.1) is 13.8 Å². The minimum atomic E-state index is -3.50. The van der Waals surface area contributed by atoms with Crippen LogP contribution in [0.2, 0.25) is 0 Å². The van der Waals surface area contributed by atoms with Gasteiger partial charge in [0.15, 0.2) is 0 Å². The van der Waals surface area contributed by atoms with Gasteiger partial charge in [-0.2, -0.15) is 4.31 Å². The van der Waals surface area contributed by atoms with E-state index in [1.165, 1.54) is 0 Å². The van der Waals surface area contributed by atoms with Crippen molar-refractivity contribution >= 4 is 10.0 Å². The highest BCUT2D eigenvalue weighted by atomic mass is 32.2. The molecule has 1 aliphatic rings. The van der Waals surface area contributed by atoms with Crippen LogP contribution in [0.4, 0.5) is 0 Å². The Morgan fingerprint density at radius 1 is 1.03 bits per heavy atom. The molecule has 1 aliphatic heterocycles. The maximum atomic E-state index is 13.0. The van der Waals surface area contributed by atoms with Crippen LogP contribution in [0.25, 0.3) is 11.5 Å². The summed E-state index contributed by atoms with van der Waals surface area (Å²) in [5, 5.41) is 8.39. The molecule has 1 fully saturated rings. The van der Waals surface area contributed by atoms with Crippen molar-refractivity contribution in [1.82, 2.24) is 14.5 Å². The molecule has 0 N–H and O–H groups in total. The van der Waals surface area contributed by atoms with Crippen molar-refractivity contribution < 1.29 is 17.6 Å². The number of benzene rings is 2. The van der Waals surface area contributed by atoms with Crippen molar-refractivity contribution in [3.63, 3.8) is 0 Å². The molecule has 2 aromatic carbocycles. The number of methoxy groups -OCH3 is 1. The molecular weight excluding hydrogens is 402 g/mol. The van der Waals surface area contributed by atoms with Gasteiger partial charge in [0, 0.05) is 19.0 Å². The molecule has 0 amide bonds. The number of aromatic nitrogens is 2. The predicted octanol–water partition coefficient (Wildman–Crippen LogP) is 3.93. The first-order chi connectivity index (χ1) is 14.4. The third-order valence-electron chi connectivity index (χ3n) is 5.70. The molecule has 7 nitrogen and oxygen atoms in total.